The molecule has 4 rings (SSSR count). The van der Waals surface area contributed by atoms with Gasteiger partial charge in [0.05, 0.1) is 16.8 Å². The van der Waals surface area contributed by atoms with Crippen molar-refractivity contribution in [2.75, 3.05) is 13.1 Å². The van der Waals surface area contributed by atoms with Crippen molar-refractivity contribution < 1.29 is 19.1 Å². The van der Waals surface area contributed by atoms with Crippen molar-refractivity contribution in [1.29, 1.82) is 0 Å². The second-order valence-electron chi connectivity index (χ2n) is 8.46. The maximum absolute atomic E-state index is 13.1. The fourth-order valence-electron chi connectivity index (χ4n) is 4.48. The number of carboxylic acids is 1. The lowest BCUT2D eigenvalue weighted by Crippen LogP contribution is -2.45. The van der Waals surface area contributed by atoms with E-state index in [1.54, 1.807) is 12.1 Å². The highest BCUT2D eigenvalue weighted by Crippen LogP contribution is 2.39. The Balaban J connectivity index is 1.36. The molecule has 0 aliphatic carbocycles. The topological polar surface area (TPSA) is 80.0 Å². The molecule has 1 saturated heterocycles. The van der Waals surface area contributed by atoms with Gasteiger partial charge in [0, 0.05) is 38.2 Å². The predicted molar refractivity (Wildman–Crippen MR) is 110 cm³/mol. The lowest BCUT2D eigenvalue weighted by molar-refractivity contribution is -0.155. The summed E-state index contributed by atoms with van der Waals surface area (Å²) >= 11 is 0. The predicted octanol–water partition coefficient (Wildman–Crippen LogP) is 3.12. The Morgan fingerprint density at radius 1 is 1.30 bits per heavy atom. The van der Waals surface area contributed by atoms with Crippen LogP contribution in [0.25, 0.3) is 0 Å². The summed E-state index contributed by atoms with van der Waals surface area (Å²) in [6.07, 6.45) is 3.87. The highest BCUT2D eigenvalue weighted by Gasteiger charge is 2.45. The molecule has 7 nitrogen and oxygen atoms in total. The number of carbonyl (C=O) groups is 1. The fraction of sp³-hybridized carbons (Fsp3) is 0.500. The van der Waals surface area contributed by atoms with Crippen LogP contribution in [0.4, 0.5) is 4.39 Å². The van der Waals surface area contributed by atoms with Crippen molar-refractivity contribution in [3.05, 3.63) is 53.1 Å². The summed E-state index contributed by atoms with van der Waals surface area (Å²) in [5.41, 5.74) is 2.93. The first-order valence-electron chi connectivity index (χ1n) is 10.3. The van der Waals surface area contributed by atoms with Gasteiger partial charge in [-0.25, -0.2) is 4.39 Å². The largest absolute Gasteiger partial charge is 0.481 e. The Bertz CT molecular complexity index is 946. The quantitative estimate of drug-likeness (QED) is 0.786. The summed E-state index contributed by atoms with van der Waals surface area (Å²) in [6, 6.07) is 6.13. The Morgan fingerprint density at radius 3 is 2.60 bits per heavy atom. The van der Waals surface area contributed by atoms with Gasteiger partial charge in [-0.15, -0.1) is 0 Å². The molecule has 1 aromatic carbocycles. The van der Waals surface area contributed by atoms with Crippen LogP contribution in [0.5, 0.6) is 0 Å². The average Bonchev–Trinajstić information content (AvgIpc) is 3.30. The van der Waals surface area contributed by atoms with Gasteiger partial charge in [-0.1, -0.05) is 17.3 Å². The summed E-state index contributed by atoms with van der Waals surface area (Å²) in [5, 5.41) is 18.5. The number of rotatable bonds is 6. The van der Waals surface area contributed by atoms with E-state index in [4.69, 9.17) is 4.84 Å². The normalized spacial score (nSPS) is 21.3. The van der Waals surface area contributed by atoms with Crippen molar-refractivity contribution in [3.63, 3.8) is 0 Å². The molecule has 3 heterocycles. The summed E-state index contributed by atoms with van der Waals surface area (Å²) < 4.78 is 15.0. The Labute approximate surface area is 175 Å². The third-order valence-electron chi connectivity index (χ3n) is 6.30. The van der Waals surface area contributed by atoms with Gasteiger partial charge in [0.25, 0.3) is 0 Å². The van der Waals surface area contributed by atoms with Crippen LogP contribution in [0.1, 0.15) is 42.5 Å². The molecule has 1 atom stereocenters. The minimum atomic E-state index is -0.807. The van der Waals surface area contributed by atoms with Gasteiger partial charge < -0.3 is 9.94 Å². The number of oxime groups is 1. The number of nitrogens with zero attached hydrogens (tertiary/aromatic N) is 4. The number of benzene rings is 1. The standard InChI is InChI=1S/C22H27FN4O3/c1-15-17(13-26(2)24-15)14-27-9-7-22(8-10-27,21(28)29)12-19-11-20(25-30-19)16-3-5-18(23)6-4-16/h3-6,13,19H,7-12,14H2,1-2H3,(H,28,29)/t19-/m1/s1. The SMILES string of the molecule is Cc1nn(C)cc1CN1CCC(C[C@H]2CC(c3ccc(F)cc3)=NO2)(C(=O)O)CC1. The second-order valence-corrected chi connectivity index (χ2v) is 8.46. The average molecular weight is 414 g/mol. The van der Waals surface area contributed by atoms with E-state index in [1.165, 1.54) is 17.7 Å². The van der Waals surface area contributed by atoms with Crippen LogP contribution in [-0.2, 0) is 23.2 Å². The highest BCUT2D eigenvalue weighted by molar-refractivity contribution is 6.01. The van der Waals surface area contributed by atoms with Crippen LogP contribution >= 0.6 is 0 Å². The second kappa shape index (κ2) is 8.18. The molecule has 0 amide bonds. The molecule has 160 valence electrons. The van der Waals surface area contributed by atoms with Crippen molar-refractivity contribution in [3.8, 4) is 0 Å². The van der Waals surface area contributed by atoms with Crippen LogP contribution in [0.2, 0.25) is 0 Å². The van der Waals surface area contributed by atoms with Crippen LogP contribution in [0.3, 0.4) is 0 Å². The summed E-state index contributed by atoms with van der Waals surface area (Å²) in [4.78, 5) is 20.1. The number of aryl methyl sites for hydroxylation is 2. The number of likely N-dealkylation sites (tertiary alicyclic amines) is 1. The van der Waals surface area contributed by atoms with Gasteiger partial charge in [0.2, 0.25) is 0 Å². The molecule has 2 aliphatic rings. The van der Waals surface area contributed by atoms with Gasteiger partial charge in [-0.3, -0.25) is 14.4 Å². The molecule has 1 aromatic heterocycles. The van der Waals surface area contributed by atoms with E-state index in [0.717, 1.165) is 36.6 Å². The van der Waals surface area contributed by atoms with Crippen LogP contribution in [0.15, 0.2) is 35.6 Å². The van der Waals surface area contributed by atoms with E-state index in [1.807, 2.05) is 24.9 Å². The van der Waals surface area contributed by atoms with Crippen molar-refractivity contribution >= 4 is 11.7 Å². The third-order valence-corrected chi connectivity index (χ3v) is 6.30. The first-order chi connectivity index (χ1) is 14.3. The summed E-state index contributed by atoms with van der Waals surface area (Å²) in [7, 11) is 1.91. The molecule has 0 spiro atoms. The molecule has 0 unspecified atom stereocenters. The summed E-state index contributed by atoms with van der Waals surface area (Å²) in [5.74, 6) is -1.06. The van der Waals surface area contributed by atoms with Crippen molar-refractivity contribution in [2.24, 2.45) is 17.6 Å². The van der Waals surface area contributed by atoms with Crippen LogP contribution in [0, 0.1) is 18.2 Å². The highest BCUT2D eigenvalue weighted by atomic mass is 19.1. The molecule has 1 N–H and O–H groups in total. The van der Waals surface area contributed by atoms with Gasteiger partial charge >= 0.3 is 5.97 Å². The lowest BCUT2D eigenvalue weighted by Gasteiger charge is -2.39. The first kappa shape index (κ1) is 20.5. The molecule has 8 heteroatoms. The van der Waals surface area contributed by atoms with Gasteiger partial charge in [0.1, 0.15) is 11.9 Å². The number of halogens is 1. The van der Waals surface area contributed by atoms with Crippen molar-refractivity contribution in [2.45, 2.75) is 45.3 Å². The molecule has 2 aliphatic heterocycles. The van der Waals surface area contributed by atoms with Gasteiger partial charge in [-0.2, -0.15) is 5.10 Å². The van der Waals surface area contributed by atoms with Crippen molar-refractivity contribution in [1.82, 2.24) is 14.7 Å². The zero-order valence-electron chi connectivity index (χ0n) is 17.3. The number of aliphatic carboxylic acids is 1. The lowest BCUT2D eigenvalue weighted by atomic mass is 9.73. The number of aromatic nitrogens is 2. The van der Waals surface area contributed by atoms with E-state index in [9.17, 15) is 14.3 Å². The number of carboxylic acid groups (broad SMARTS) is 1. The third kappa shape index (κ3) is 4.23. The maximum Gasteiger partial charge on any atom is 0.309 e. The molecular weight excluding hydrogens is 387 g/mol. The molecule has 2 aromatic rings. The molecule has 0 radical (unpaired) electrons. The van der Waals surface area contributed by atoms with Gasteiger partial charge in [-0.05, 0) is 50.6 Å². The van der Waals surface area contributed by atoms with Crippen LogP contribution < -0.4 is 0 Å². The summed E-state index contributed by atoms with van der Waals surface area (Å²) in [6.45, 7) is 4.22. The molecule has 0 saturated carbocycles. The zero-order valence-corrected chi connectivity index (χ0v) is 17.3. The monoisotopic (exact) mass is 414 g/mol. The zero-order chi connectivity index (χ0) is 21.3. The number of hydrogen-bond acceptors (Lipinski definition) is 5. The van der Waals surface area contributed by atoms with E-state index in [0.29, 0.717) is 25.7 Å². The van der Waals surface area contributed by atoms with Crippen LogP contribution in [-0.4, -0.2) is 50.7 Å². The Kier molecular flexibility index (Phi) is 5.60. The number of piperidine rings is 1. The first-order valence-corrected chi connectivity index (χ1v) is 10.3. The van der Waals surface area contributed by atoms with E-state index < -0.39 is 11.4 Å². The molecule has 0 bridgehead atoms. The van der Waals surface area contributed by atoms with E-state index in [-0.39, 0.29) is 11.9 Å². The van der Waals surface area contributed by atoms with E-state index in [2.05, 4.69) is 15.2 Å². The molecule has 1 fully saturated rings. The minimum absolute atomic E-state index is 0.270. The van der Waals surface area contributed by atoms with E-state index >= 15 is 0 Å². The molecular formula is C22H27FN4O3. The molecule has 30 heavy (non-hydrogen) atoms. The Hall–Kier alpha value is -2.74. The fourth-order valence-corrected chi connectivity index (χ4v) is 4.48. The maximum atomic E-state index is 13.1. The Morgan fingerprint density at radius 2 is 2.00 bits per heavy atom. The smallest absolute Gasteiger partial charge is 0.309 e. The van der Waals surface area contributed by atoms with Gasteiger partial charge in [0.15, 0.2) is 0 Å². The minimum Gasteiger partial charge on any atom is -0.481 e. The number of hydrogen-bond donors (Lipinski definition) is 1.